The highest BCUT2D eigenvalue weighted by atomic mass is 32.2. The van der Waals surface area contributed by atoms with Crippen molar-refractivity contribution in [2.75, 3.05) is 20.8 Å². The van der Waals surface area contributed by atoms with Crippen molar-refractivity contribution in [1.82, 2.24) is 4.31 Å². The quantitative estimate of drug-likeness (QED) is 0.461. The second-order valence-electron chi connectivity index (χ2n) is 7.44. The Morgan fingerprint density at radius 3 is 2.21 bits per heavy atom. The number of esters is 3. The number of carbonyl (C=O) groups excluding carboxylic acids is 3. The highest BCUT2D eigenvalue weighted by Gasteiger charge is 2.42. The Morgan fingerprint density at radius 2 is 1.64 bits per heavy atom. The van der Waals surface area contributed by atoms with Crippen molar-refractivity contribution < 1.29 is 37.0 Å². The summed E-state index contributed by atoms with van der Waals surface area (Å²) in [5.74, 6) is -2.29. The van der Waals surface area contributed by atoms with Gasteiger partial charge in [0.15, 0.2) is 0 Å². The van der Waals surface area contributed by atoms with Crippen LogP contribution in [0.4, 0.5) is 0 Å². The zero-order chi connectivity index (χ0) is 24.3. The lowest BCUT2D eigenvalue weighted by molar-refractivity contribution is -0.148. The van der Waals surface area contributed by atoms with Crippen molar-refractivity contribution >= 4 is 27.9 Å². The predicted octanol–water partition coefficient (Wildman–Crippen LogP) is 2.25. The normalized spacial score (nSPS) is 15.9. The molecule has 1 unspecified atom stereocenters. The van der Waals surface area contributed by atoms with Crippen LogP contribution in [0.5, 0.6) is 0 Å². The molecule has 2 aromatic carbocycles. The van der Waals surface area contributed by atoms with Crippen molar-refractivity contribution in [3.63, 3.8) is 0 Å². The van der Waals surface area contributed by atoms with Gasteiger partial charge in [0.2, 0.25) is 10.0 Å². The molecule has 0 amide bonds. The molecular formula is C23H25NO8S. The average Bonchev–Trinajstić information content (AvgIpc) is 2.81. The lowest BCUT2D eigenvalue weighted by Gasteiger charge is -2.35. The van der Waals surface area contributed by atoms with Gasteiger partial charge >= 0.3 is 17.9 Å². The summed E-state index contributed by atoms with van der Waals surface area (Å²) in [5.41, 5.74) is 1.62. The van der Waals surface area contributed by atoms with E-state index in [1.54, 1.807) is 25.1 Å². The summed E-state index contributed by atoms with van der Waals surface area (Å²) >= 11 is 0. The van der Waals surface area contributed by atoms with E-state index in [1.165, 1.54) is 32.4 Å². The number of hydrogen-bond donors (Lipinski definition) is 0. The Labute approximate surface area is 192 Å². The second-order valence-corrected chi connectivity index (χ2v) is 9.33. The first-order valence-electron chi connectivity index (χ1n) is 10.2. The molecule has 9 nitrogen and oxygen atoms in total. The SMILES string of the molecule is CCOC(=O)C1Cc2c(ccc(C(=O)OC)c2C(=O)OC)CN1S(=O)(=O)c1ccc(C)cc1. The maximum absolute atomic E-state index is 13.5. The molecule has 0 fully saturated rings. The van der Waals surface area contributed by atoms with E-state index in [0.29, 0.717) is 11.1 Å². The monoisotopic (exact) mass is 475 g/mol. The van der Waals surface area contributed by atoms with Gasteiger partial charge in [-0.05, 0) is 43.2 Å². The third-order valence-electron chi connectivity index (χ3n) is 5.46. The standard InChI is InChI=1S/C23H25NO8S/c1-5-32-22(26)19-12-18-15(8-11-17(21(25)30-3)20(18)23(27)31-4)13-24(19)33(28,29)16-9-6-14(2)7-10-16/h6-11,19H,5,12-13H2,1-4H3. The lowest BCUT2D eigenvalue weighted by atomic mass is 9.88. The molecule has 33 heavy (non-hydrogen) atoms. The zero-order valence-electron chi connectivity index (χ0n) is 18.8. The number of carbonyl (C=O) groups is 3. The number of fused-ring (bicyclic) bond motifs is 1. The molecule has 0 saturated heterocycles. The van der Waals surface area contributed by atoms with E-state index in [4.69, 9.17) is 14.2 Å². The number of methoxy groups -OCH3 is 2. The van der Waals surface area contributed by atoms with Crippen molar-refractivity contribution in [3.8, 4) is 0 Å². The Balaban J connectivity index is 2.18. The van der Waals surface area contributed by atoms with Crippen LogP contribution in [0, 0.1) is 6.92 Å². The van der Waals surface area contributed by atoms with Crippen LogP contribution < -0.4 is 0 Å². The molecule has 0 bridgehead atoms. The first-order chi connectivity index (χ1) is 15.6. The number of hydrogen-bond acceptors (Lipinski definition) is 8. The molecule has 1 atom stereocenters. The Bertz CT molecular complexity index is 1190. The van der Waals surface area contributed by atoms with Gasteiger partial charge in [0.05, 0.1) is 36.8 Å². The van der Waals surface area contributed by atoms with E-state index in [1.807, 2.05) is 6.92 Å². The largest absolute Gasteiger partial charge is 0.465 e. The van der Waals surface area contributed by atoms with Crippen molar-refractivity contribution in [3.05, 3.63) is 64.2 Å². The zero-order valence-corrected chi connectivity index (χ0v) is 19.6. The molecule has 1 aliphatic rings. The molecule has 176 valence electrons. The Morgan fingerprint density at radius 1 is 1.00 bits per heavy atom. The summed E-state index contributed by atoms with van der Waals surface area (Å²) in [4.78, 5) is 37.7. The van der Waals surface area contributed by atoms with Gasteiger partial charge in [0, 0.05) is 13.0 Å². The molecule has 2 aromatic rings. The van der Waals surface area contributed by atoms with Gasteiger partial charge in [0.25, 0.3) is 0 Å². The van der Waals surface area contributed by atoms with Gasteiger partial charge in [-0.2, -0.15) is 4.31 Å². The fraction of sp³-hybridized carbons (Fsp3) is 0.348. The smallest absolute Gasteiger partial charge is 0.339 e. The number of sulfonamides is 1. The van der Waals surface area contributed by atoms with Crippen molar-refractivity contribution in [2.45, 2.75) is 37.8 Å². The fourth-order valence-corrected chi connectivity index (χ4v) is 5.35. The number of aryl methyl sites for hydroxylation is 1. The molecule has 1 aliphatic heterocycles. The van der Waals surface area contributed by atoms with Crippen LogP contribution in [0.15, 0.2) is 41.3 Å². The first kappa shape index (κ1) is 24.4. The van der Waals surface area contributed by atoms with Crippen LogP contribution in [0.25, 0.3) is 0 Å². The van der Waals surface area contributed by atoms with Gasteiger partial charge in [-0.25, -0.2) is 18.0 Å². The van der Waals surface area contributed by atoms with Gasteiger partial charge in [-0.3, -0.25) is 4.79 Å². The molecule has 0 aliphatic carbocycles. The molecule has 1 heterocycles. The second kappa shape index (κ2) is 9.72. The molecule has 0 N–H and O–H groups in total. The van der Waals surface area contributed by atoms with E-state index < -0.39 is 34.0 Å². The highest BCUT2D eigenvalue weighted by Crippen LogP contribution is 2.33. The molecule has 0 saturated carbocycles. The first-order valence-corrected chi connectivity index (χ1v) is 11.7. The summed E-state index contributed by atoms with van der Waals surface area (Å²) < 4.78 is 42.8. The minimum Gasteiger partial charge on any atom is -0.465 e. The van der Waals surface area contributed by atoms with Crippen LogP contribution in [0.3, 0.4) is 0 Å². The highest BCUT2D eigenvalue weighted by molar-refractivity contribution is 7.89. The average molecular weight is 476 g/mol. The molecular weight excluding hydrogens is 450 g/mol. The van der Waals surface area contributed by atoms with Gasteiger partial charge < -0.3 is 14.2 Å². The van der Waals surface area contributed by atoms with Crippen molar-refractivity contribution in [2.24, 2.45) is 0 Å². The van der Waals surface area contributed by atoms with Crippen LogP contribution in [-0.4, -0.2) is 57.5 Å². The van der Waals surface area contributed by atoms with Gasteiger partial charge in [-0.15, -0.1) is 0 Å². The lowest BCUT2D eigenvalue weighted by Crippen LogP contribution is -2.49. The molecule has 10 heteroatoms. The molecule has 0 radical (unpaired) electrons. The van der Waals surface area contributed by atoms with Crippen molar-refractivity contribution in [1.29, 1.82) is 0 Å². The Hall–Kier alpha value is -3.24. The minimum absolute atomic E-state index is 0.0273. The van der Waals surface area contributed by atoms with E-state index in [-0.39, 0.29) is 35.6 Å². The van der Waals surface area contributed by atoms with Crippen LogP contribution in [0.2, 0.25) is 0 Å². The van der Waals surface area contributed by atoms with E-state index in [9.17, 15) is 22.8 Å². The summed E-state index contributed by atoms with van der Waals surface area (Å²) in [6, 6.07) is 7.99. The summed E-state index contributed by atoms with van der Waals surface area (Å²) in [7, 11) is -1.73. The third kappa shape index (κ3) is 4.62. The third-order valence-corrected chi connectivity index (χ3v) is 7.33. The summed E-state index contributed by atoms with van der Waals surface area (Å²) in [6.45, 7) is 3.30. The maximum atomic E-state index is 13.5. The van der Waals surface area contributed by atoms with E-state index in [2.05, 4.69) is 0 Å². The van der Waals surface area contributed by atoms with E-state index >= 15 is 0 Å². The number of ether oxygens (including phenoxy) is 3. The number of rotatable bonds is 6. The van der Waals surface area contributed by atoms with Gasteiger partial charge in [0.1, 0.15) is 6.04 Å². The maximum Gasteiger partial charge on any atom is 0.339 e. The van der Waals surface area contributed by atoms with E-state index in [0.717, 1.165) is 9.87 Å². The Kier molecular flexibility index (Phi) is 7.19. The van der Waals surface area contributed by atoms with Crippen LogP contribution >= 0.6 is 0 Å². The number of nitrogens with zero attached hydrogens (tertiary/aromatic N) is 1. The molecule has 0 spiro atoms. The van der Waals surface area contributed by atoms with Gasteiger partial charge in [-0.1, -0.05) is 23.8 Å². The van der Waals surface area contributed by atoms with Crippen LogP contribution in [-0.2, 0) is 42.0 Å². The van der Waals surface area contributed by atoms with Crippen LogP contribution in [0.1, 0.15) is 44.3 Å². The minimum atomic E-state index is -4.08. The summed E-state index contributed by atoms with van der Waals surface area (Å²) in [6.07, 6.45) is -0.172. The molecule has 0 aromatic heterocycles. The molecule has 3 rings (SSSR count). The summed E-state index contributed by atoms with van der Waals surface area (Å²) in [5, 5.41) is 0. The predicted molar refractivity (Wildman–Crippen MR) is 117 cm³/mol. The topological polar surface area (TPSA) is 116 Å². The number of benzene rings is 2. The fourth-order valence-electron chi connectivity index (χ4n) is 3.80.